The largest absolute Gasteiger partial charge is 0.350 e. The maximum absolute atomic E-state index is 13.0. The first-order chi connectivity index (χ1) is 14.0. The lowest BCUT2D eigenvalue weighted by Crippen LogP contribution is -2.49. The third kappa shape index (κ3) is 4.18. The number of nitrogens with one attached hydrogen (secondary N) is 2. The Morgan fingerprint density at radius 2 is 1.93 bits per heavy atom. The molecule has 1 saturated carbocycles. The van der Waals surface area contributed by atoms with E-state index in [0.717, 1.165) is 5.56 Å². The van der Waals surface area contributed by atoms with E-state index in [1.807, 2.05) is 30.3 Å². The molecule has 7 nitrogen and oxygen atoms in total. The number of rotatable bonds is 6. The second kappa shape index (κ2) is 7.96. The summed E-state index contributed by atoms with van der Waals surface area (Å²) in [5.74, 6) is -0.281. The fourth-order valence-electron chi connectivity index (χ4n) is 2.97. The quantitative estimate of drug-likeness (QED) is 0.574. The molecule has 1 fully saturated rings. The van der Waals surface area contributed by atoms with Crippen LogP contribution in [0.5, 0.6) is 0 Å². The second-order valence-electron chi connectivity index (χ2n) is 6.78. The molecule has 1 aliphatic carbocycles. The number of carbonyl (C=O) groups is 2. The van der Waals surface area contributed by atoms with Crippen molar-refractivity contribution >= 4 is 39.3 Å². The van der Waals surface area contributed by atoms with E-state index >= 15 is 0 Å². The first kappa shape index (κ1) is 19.6. The normalized spacial score (nSPS) is 14.3. The lowest BCUT2D eigenvalue weighted by atomic mass is 10.2. The molecular weight excluding hydrogens is 458 g/mol. The average molecular weight is 475 g/mol. The van der Waals surface area contributed by atoms with E-state index in [9.17, 15) is 9.59 Å². The Labute approximate surface area is 180 Å². The molecule has 1 aliphatic rings. The molecule has 9 heteroatoms. The molecular formula is C20H17BrClN5O2. The van der Waals surface area contributed by atoms with Crippen molar-refractivity contribution in [2.75, 3.05) is 0 Å². The maximum Gasteiger partial charge on any atom is 0.270 e. The number of aromatic nitrogens is 3. The van der Waals surface area contributed by atoms with Gasteiger partial charge in [-0.1, -0.05) is 41.9 Å². The van der Waals surface area contributed by atoms with Gasteiger partial charge in [0, 0.05) is 18.8 Å². The Balaban J connectivity index is 1.50. The van der Waals surface area contributed by atoms with Crippen molar-refractivity contribution < 1.29 is 9.59 Å². The summed E-state index contributed by atoms with van der Waals surface area (Å²) < 4.78 is 1.82. The van der Waals surface area contributed by atoms with Crippen molar-refractivity contribution in [2.24, 2.45) is 0 Å². The van der Waals surface area contributed by atoms with Gasteiger partial charge in [0.15, 0.2) is 5.82 Å². The fourth-order valence-corrected chi connectivity index (χ4v) is 3.55. The van der Waals surface area contributed by atoms with Gasteiger partial charge in [-0.25, -0.2) is 9.67 Å². The van der Waals surface area contributed by atoms with E-state index in [0.29, 0.717) is 34.8 Å². The van der Waals surface area contributed by atoms with E-state index in [-0.39, 0.29) is 11.6 Å². The summed E-state index contributed by atoms with van der Waals surface area (Å²) in [5, 5.41) is 10.4. The highest BCUT2D eigenvalue weighted by atomic mass is 79.9. The Morgan fingerprint density at radius 3 is 2.62 bits per heavy atom. The minimum atomic E-state index is -0.901. The number of nitrogens with zero attached hydrogens (tertiary/aromatic N) is 3. The van der Waals surface area contributed by atoms with Crippen LogP contribution in [-0.2, 0) is 11.3 Å². The predicted octanol–water partition coefficient (Wildman–Crippen LogP) is 3.26. The smallest absolute Gasteiger partial charge is 0.270 e. The summed E-state index contributed by atoms with van der Waals surface area (Å²) in [6, 6.07) is 14.5. The Morgan fingerprint density at radius 1 is 1.17 bits per heavy atom. The number of halogens is 2. The molecule has 0 spiro atoms. The molecule has 0 bridgehead atoms. The van der Waals surface area contributed by atoms with Gasteiger partial charge >= 0.3 is 0 Å². The van der Waals surface area contributed by atoms with Crippen LogP contribution in [0.1, 0.15) is 28.9 Å². The summed E-state index contributed by atoms with van der Waals surface area (Å²) in [6.45, 7) is 0.407. The summed E-state index contributed by atoms with van der Waals surface area (Å²) in [6.07, 6.45) is 2.73. The first-order valence-corrected chi connectivity index (χ1v) is 10.2. The molecule has 2 N–H and O–H groups in total. The number of hydrogen-bond acceptors (Lipinski definition) is 4. The van der Waals surface area contributed by atoms with Crippen molar-refractivity contribution in [1.82, 2.24) is 25.4 Å². The first-order valence-electron chi connectivity index (χ1n) is 9.00. The molecule has 0 unspecified atom stereocenters. The van der Waals surface area contributed by atoms with Crippen molar-refractivity contribution in [3.8, 4) is 5.82 Å². The van der Waals surface area contributed by atoms with Crippen LogP contribution in [0.2, 0.25) is 5.02 Å². The summed E-state index contributed by atoms with van der Waals surface area (Å²) in [7, 11) is 0. The van der Waals surface area contributed by atoms with Crippen molar-refractivity contribution in [3.63, 3.8) is 0 Å². The zero-order valence-electron chi connectivity index (χ0n) is 15.2. The third-order valence-electron chi connectivity index (χ3n) is 4.69. The lowest BCUT2D eigenvalue weighted by Gasteiger charge is -2.17. The van der Waals surface area contributed by atoms with Crippen LogP contribution in [0.25, 0.3) is 5.82 Å². The number of carbonyl (C=O) groups excluding carboxylic acids is 2. The fraction of sp³-hybridized carbons (Fsp3) is 0.200. The molecule has 0 atom stereocenters. The average Bonchev–Trinajstić information content (AvgIpc) is 3.40. The number of benzene rings is 1. The monoisotopic (exact) mass is 473 g/mol. The van der Waals surface area contributed by atoms with Gasteiger partial charge in [0.2, 0.25) is 5.91 Å². The minimum absolute atomic E-state index is 0.198. The third-order valence-corrected chi connectivity index (χ3v) is 5.37. The zero-order chi connectivity index (χ0) is 20.4. The van der Waals surface area contributed by atoms with E-state index in [2.05, 4.69) is 36.6 Å². The van der Waals surface area contributed by atoms with Crippen molar-refractivity contribution in [2.45, 2.75) is 24.9 Å². The molecule has 1 aromatic carbocycles. The van der Waals surface area contributed by atoms with Crippen LogP contribution in [0.4, 0.5) is 0 Å². The van der Waals surface area contributed by atoms with E-state index < -0.39 is 11.4 Å². The Hall–Kier alpha value is -2.71. The van der Waals surface area contributed by atoms with Gasteiger partial charge in [0.1, 0.15) is 15.8 Å². The molecule has 2 amide bonds. The van der Waals surface area contributed by atoms with Gasteiger partial charge in [-0.2, -0.15) is 5.10 Å². The Bertz CT molecular complexity index is 1070. The molecule has 0 aliphatic heterocycles. The summed E-state index contributed by atoms with van der Waals surface area (Å²) in [5.41, 5.74) is 0.329. The summed E-state index contributed by atoms with van der Waals surface area (Å²) >= 11 is 9.49. The predicted molar refractivity (Wildman–Crippen MR) is 112 cm³/mol. The lowest BCUT2D eigenvalue weighted by molar-refractivity contribution is -0.124. The zero-order valence-corrected chi connectivity index (χ0v) is 17.6. The Kier molecular flexibility index (Phi) is 5.38. The molecule has 0 radical (unpaired) electrons. The van der Waals surface area contributed by atoms with Crippen molar-refractivity contribution in [3.05, 3.63) is 75.6 Å². The molecule has 3 aromatic rings. The summed E-state index contributed by atoms with van der Waals surface area (Å²) in [4.78, 5) is 29.8. The van der Waals surface area contributed by atoms with Gasteiger partial charge in [0.05, 0.1) is 5.02 Å². The van der Waals surface area contributed by atoms with E-state index in [1.165, 1.54) is 4.68 Å². The molecule has 2 heterocycles. The van der Waals surface area contributed by atoms with Crippen molar-refractivity contribution in [1.29, 1.82) is 0 Å². The van der Waals surface area contributed by atoms with Gasteiger partial charge in [-0.15, -0.1) is 0 Å². The number of amides is 2. The van der Waals surface area contributed by atoms with Crippen LogP contribution >= 0.6 is 27.5 Å². The van der Waals surface area contributed by atoms with Crippen LogP contribution in [0, 0.1) is 0 Å². The van der Waals surface area contributed by atoms with Crippen LogP contribution in [0.15, 0.2) is 59.3 Å². The standard InChI is InChI=1S/C20H17BrClN5O2/c21-16-11-15(27(26-16)17-14(22)7-4-10-23-17)18(28)25-20(8-9-20)19(29)24-12-13-5-2-1-3-6-13/h1-7,10-11H,8-9,12H2,(H,24,29)(H,25,28). The van der Waals surface area contributed by atoms with Gasteiger partial charge in [0.25, 0.3) is 5.91 Å². The SMILES string of the molecule is O=C(NC1(C(=O)NCc2ccccc2)CC1)c1cc(Br)nn1-c1ncccc1Cl. The van der Waals surface area contributed by atoms with Crippen LogP contribution in [0.3, 0.4) is 0 Å². The second-order valence-corrected chi connectivity index (χ2v) is 8.00. The maximum atomic E-state index is 13.0. The van der Waals surface area contributed by atoms with Gasteiger partial charge < -0.3 is 10.6 Å². The topological polar surface area (TPSA) is 88.9 Å². The molecule has 0 saturated heterocycles. The highest BCUT2D eigenvalue weighted by molar-refractivity contribution is 9.10. The molecule has 29 heavy (non-hydrogen) atoms. The van der Waals surface area contributed by atoms with Crippen LogP contribution < -0.4 is 10.6 Å². The van der Waals surface area contributed by atoms with Gasteiger partial charge in [-0.05, 0) is 46.5 Å². The molecule has 2 aromatic heterocycles. The highest BCUT2D eigenvalue weighted by Gasteiger charge is 2.51. The minimum Gasteiger partial charge on any atom is -0.350 e. The number of pyridine rings is 1. The molecule has 148 valence electrons. The van der Waals surface area contributed by atoms with E-state index in [1.54, 1.807) is 24.4 Å². The highest BCUT2D eigenvalue weighted by Crippen LogP contribution is 2.36. The number of hydrogen-bond donors (Lipinski definition) is 2. The van der Waals surface area contributed by atoms with Gasteiger partial charge in [-0.3, -0.25) is 9.59 Å². The molecule has 4 rings (SSSR count). The van der Waals surface area contributed by atoms with E-state index in [4.69, 9.17) is 11.6 Å². The van der Waals surface area contributed by atoms with Crippen LogP contribution in [-0.4, -0.2) is 32.1 Å².